The van der Waals surface area contributed by atoms with Crippen LogP contribution in [0.15, 0.2) is 49.1 Å². The zero-order chi connectivity index (χ0) is 12.5. The van der Waals surface area contributed by atoms with Crippen molar-refractivity contribution in [3.05, 3.63) is 49.1 Å². The molecule has 0 saturated heterocycles. The summed E-state index contributed by atoms with van der Waals surface area (Å²) >= 11 is 0. The van der Waals surface area contributed by atoms with Crippen LogP contribution in [0.25, 0.3) is 0 Å². The minimum Gasteiger partial charge on any atom is -0.240 e. The van der Waals surface area contributed by atoms with Crippen molar-refractivity contribution >= 4 is 20.4 Å². The predicted molar refractivity (Wildman–Crippen MR) is 60.6 cm³/mol. The Morgan fingerprint density at radius 2 is 0.941 bits per heavy atom. The van der Waals surface area contributed by atoms with Crippen molar-refractivity contribution in [1.82, 2.24) is 12.1 Å². The Kier molecular flexibility index (Phi) is 2.81. The zero-order valence-electron chi connectivity index (χ0n) is 8.46. The number of hydrogen-bond acceptors (Lipinski definition) is 4. The van der Waals surface area contributed by atoms with E-state index in [1.165, 1.54) is 49.1 Å². The largest absolute Gasteiger partial charge is 0.319 e. The summed E-state index contributed by atoms with van der Waals surface area (Å²) < 4.78 is 49.8. The molecule has 0 aliphatic rings. The molecule has 0 unspecified atom stereocenters. The highest BCUT2D eigenvalue weighted by Gasteiger charge is 2.22. The van der Waals surface area contributed by atoms with E-state index in [0.29, 0.717) is 0 Å². The Morgan fingerprint density at radius 3 is 1.24 bits per heavy atom. The Morgan fingerprint density at radius 1 is 0.647 bits per heavy atom. The van der Waals surface area contributed by atoms with Gasteiger partial charge in [-0.25, -0.2) is 7.94 Å². The lowest BCUT2D eigenvalue weighted by molar-refractivity contribution is 0.567. The summed E-state index contributed by atoms with van der Waals surface area (Å²) in [6.07, 6.45) is 4.92. The maximum absolute atomic E-state index is 11.7. The van der Waals surface area contributed by atoms with E-state index in [0.717, 1.165) is 7.94 Å². The molecule has 2 heterocycles. The molecule has 0 fully saturated rings. The Bertz CT molecular complexity index is 622. The number of aromatic nitrogens is 2. The van der Waals surface area contributed by atoms with Crippen molar-refractivity contribution < 1.29 is 16.8 Å². The number of rotatable bonds is 4. The van der Waals surface area contributed by atoms with E-state index in [-0.39, 0.29) is 0 Å². The van der Waals surface area contributed by atoms with E-state index < -0.39 is 20.4 Å². The maximum atomic E-state index is 11.7. The van der Waals surface area contributed by atoms with E-state index in [1.807, 2.05) is 0 Å². The lowest BCUT2D eigenvalue weighted by atomic mass is 10.7. The molecule has 92 valence electrons. The van der Waals surface area contributed by atoms with Crippen LogP contribution < -0.4 is 4.13 Å². The Labute approximate surface area is 98.7 Å². The molecule has 0 bridgehead atoms. The van der Waals surface area contributed by atoms with Gasteiger partial charge >= 0.3 is 20.4 Å². The lowest BCUT2D eigenvalue weighted by Crippen LogP contribution is -2.37. The van der Waals surface area contributed by atoms with E-state index >= 15 is 0 Å². The highest BCUT2D eigenvalue weighted by Crippen LogP contribution is 2.01. The van der Waals surface area contributed by atoms with Crippen molar-refractivity contribution in [3.8, 4) is 0 Å². The number of hydrogen-bond donors (Lipinski definition) is 1. The summed E-state index contributed by atoms with van der Waals surface area (Å²) in [5, 5.41) is 0. The third-order valence-corrected chi connectivity index (χ3v) is 5.20. The van der Waals surface area contributed by atoms with Crippen LogP contribution in [0.2, 0.25) is 0 Å². The van der Waals surface area contributed by atoms with Gasteiger partial charge in [0.25, 0.3) is 0 Å². The van der Waals surface area contributed by atoms with Crippen molar-refractivity contribution in [2.75, 3.05) is 0 Å². The molecule has 0 amide bonds. The van der Waals surface area contributed by atoms with Gasteiger partial charge in [0.05, 0.1) is 0 Å². The van der Waals surface area contributed by atoms with Gasteiger partial charge in [-0.15, -0.1) is 0 Å². The first-order valence-electron chi connectivity index (χ1n) is 4.47. The molecule has 0 atom stereocenters. The maximum Gasteiger partial charge on any atom is 0.319 e. The topological polar surface area (TPSA) is 90.2 Å². The van der Waals surface area contributed by atoms with Crippen molar-refractivity contribution in [1.29, 1.82) is 0 Å². The van der Waals surface area contributed by atoms with Gasteiger partial charge in [-0.05, 0) is 24.3 Å². The summed E-state index contributed by atoms with van der Waals surface area (Å²) in [6, 6.07) is 5.89. The molecule has 2 rings (SSSR count). The molecule has 0 aliphatic carbocycles. The first-order chi connectivity index (χ1) is 7.92. The van der Waals surface area contributed by atoms with Crippen LogP contribution in [-0.4, -0.2) is 24.8 Å². The van der Waals surface area contributed by atoms with E-state index in [1.54, 1.807) is 4.13 Å². The average Bonchev–Trinajstić information content (AvgIpc) is 2.91. The third-order valence-electron chi connectivity index (χ3n) is 1.92. The molecular formula is C8H9N3O4S2. The van der Waals surface area contributed by atoms with Gasteiger partial charge in [-0.2, -0.15) is 16.8 Å². The van der Waals surface area contributed by atoms with E-state index in [9.17, 15) is 16.8 Å². The van der Waals surface area contributed by atoms with Crippen LogP contribution in [0.1, 0.15) is 0 Å². The first-order valence-corrected chi connectivity index (χ1v) is 7.35. The summed E-state index contributed by atoms with van der Waals surface area (Å²) in [7, 11) is -8.29. The van der Waals surface area contributed by atoms with E-state index in [2.05, 4.69) is 0 Å². The smallest absolute Gasteiger partial charge is 0.240 e. The average molecular weight is 275 g/mol. The monoisotopic (exact) mass is 275 g/mol. The lowest BCUT2D eigenvalue weighted by Gasteiger charge is -2.08. The molecule has 0 radical (unpaired) electrons. The van der Waals surface area contributed by atoms with Gasteiger partial charge in [-0.1, -0.05) is 4.13 Å². The number of nitrogens with one attached hydrogen (secondary N) is 1. The Hall–Kier alpha value is -1.58. The second-order valence-electron chi connectivity index (χ2n) is 3.12. The van der Waals surface area contributed by atoms with Crippen molar-refractivity contribution in [3.63, 3.8) is 0 Å². The fourth-order valence-corrected chi connectivity index (χ4v) is 3.85. The van der Waals surface area contributed by atoms with Crippen LogP contribution >= 0.6 is 0 Å². The Balaban J connectivity index is 2.35. The molecule has 1 N–H and O–H groups in total. The normalized spacial score (nSPS) is 12.7. The fraction of sp³-hybridized carbons (Fsp3) is 0. The third kappa shape index (κ3) is 2.40. The minimum atomic E-state index is -4.14. The SMILES string of the molecule is O=S(=O)(NS(=O)(=O)n1cccc1)n1cccc1. The fourth-order valence-electron chi connectivity index (χ4n) is 1.18. The molecule has 0 aliphatic heterocycles. The molecule has 7 nitrogen and oxygen atoms in total. The van der Waals surface area contributed by atoms with Gasteiger partial charge in [-0.3, -0.25) is 0 Å². The summed E-state index contributed by atoms with van der Waals surface area (Å²) in [4.78, 5) is 0. The van der Waals surface area contributed by atoms with E-state index in [4.69, 9.17) is 0 Å². The zero-order valence-corrected chi connectivity index (χ0v) is 10.1. The van der Waals surface area contributed by atoms with Crippen LogP contribution in [-0.2, 0) is 20.4 Å². The number of nitrogens with zero attached hydrogens (tertiary/aromatic N) is 2. The quantitative estimate of drug-likeness (QED) is 0.834. The van der Waals surface area contributed by atoms with Gasteiger partial charge in [0, 0.05) is 24.8 Å². The summed E-state index contributed by atoms with van der Waals surface area (Å²) in [5.74, 6) is 0. The molecule has 2 aromatic heterocycles. The predicted octanol–water partition coefficient (Wildman–Crippen LogP) is -0.235. The molecule has 0 aromatic carbocycles. The first kappa shape index (κ1) is 11.9. The second kappa shape index (κ2) is 4.02. The van der Waals surface area contributed by atoms with Gasteiger partial charge in [0.15, 0.2) is 0 Å². The highest BCUT2D eigenvalue weighted by molar-refractivity contribution is 8.03. The van der Waals surface area contributed by atoms with Gasteiger partial charge in [0.2, 0.25) is 0 Å². The highest BCUT2D eigenvalue weighted by atomic mass is 32.3. The van der Waals surface area contributed by atoms with Crippen LogP contribution in [0.3, 0.4) is 0 Å². The van der Waals surface area contributed by atoms with Crippen molar-refractivity contribution in [2.45, 2.75) is 0 Å². The molecule has 9 heteroatoms. The summed E-state index contributed by atoms with van der Waals surface area (Å²) in [6.45, 7) is 0. The second-order valence-corrected chi connectivity index (χ2v) is 6.53. The van der Waals surface area contributed by atoms with Gasteiger partial charge in [0.1, 0.15) is 0 Å². The molecule has 0 saturated carbocycles. The van der Waals surface area contributed by atoms with Crippen LogP contribution in [0.4, 0.5) is 0 Å². The molecule has 0 spiro atoms. The van der Waals surface area contributed by atoms with Gasteiger partial charge < -0.3 is 0 Å². The van der Waals surface area contributed by atoms with Crippen molar-refractivity contribution in [2.24, 2.45) is 0 Å². The molecule has 17 heavy (non-hydrogen) atoms. The van der Waals surface area contributed by atoms with Crippen LogP contribution in [0.5, 0.6) is 0 Å². The standard InChI is InChI=1S/C8H9N3O4S2/c12-16(13,10-5-1-2-6-10)9-17(14,15)11-7-3-4-8-11/h1-9H. The molecular weight excluding hydrogens is 266 g/mol. The van der Waals surface area contributed by atoms with Crippen LogP contribution in [0, 0.1) is 0 Å². The minimum absolute atomic E-state index is 0.772. The molecule has 2 aromatic rings. The summed E-state index contributed by atoms with van der Waals surface area (Å²) in [5.41, 5.74) is 0.